The van der Waals surface area contributed by atoms with Gasteiger partial charge in [0.1, 0.15) is 6.33 Å². The van der Waals surface area contributed by atoms with Crippen LogP contribution in [0.5, 0.6) is 0 Å². The molecule has 2 rings (SSSR count). The molecule has 0 aliphatic heterocycles. The molecule has 0 radical (unpaired) electrons. The molecule has 3 nitrogen and oxygen atoms in total. The van der Waals surface area contributed by atoms with Gasteiger partial charge in [0.15, 0.2) is 5.65 Å². The van der Waals surface area contributed by atoms with Crippen molar-refractivity contribution < 1.29 is 0 Å². The molecule has 0 saturated carbocycles. The van der Waals surface area contributed by atoms with Crippen LogP contribution in [-0.4, -0.2) is 15.0 Å². The molecule has 0 fully saturated rings. The van der Waals surface area contributed by atoms with E-state index in [0.29, 0.717) is 5.92 Å². The molecule has 0 aliphatic carbocycles. The van der Waals surface area contributed by atoms with Crippen molar-refractivity contribution >= 4 is 11.0 Å². The highest BCUT2D eigenvalue weighted by Gasteiger charge is 2.01. The van der Waals surface area contributed by atoms with Crippen molar-refractivity contribution in [3.8, 4) is 0 Å². The van der Waals surface area contributed by atoms with Crippen molar-refractivity contribution in [2.24, 2.45) is 0 Å². The van der Waals surface area contributed by atoms with Crippen LogP contribution in [0, 0.1) is 0 Å². The van der Waals surface area contributed by atoms with Gasteiger partial charge in [-0.2, -0.15) is 0 Å². The quantitative estimate of drug-likeness (QED) is 0.663. The van der Waals surface area contributed by atoms with Crippen LogP contribution in [0.1, 0.15) is 25.3 Å². The second-order valence-electron chi connectivity index (χ2n) is 3.36. The molecule has 0 aromatic carbocycles. The Morgan fingerprint density at radius 3 is 2.77 bits per heavy atom. The molecule has 2 aromatic heterocycles. The molecule has 66 valence electrons. The summed E-state index contributed by atoms with van der Waals surface area (Å²) in [7, 11) is 0. The van der Waals surface area contributed by atoms with E-state index in [4.69, 9.17) is 0 Å². The van der Waals surface area contributed by atoms with E-state index in [1.54, 1.807) is 6.20 Å². The van der Waals surface area contributed by atoms with E-state index in [1.165, 1.54) is 11.9 Å². The zero-order valence-corrected chi connectivity index (χ0v) is 7.73. The maximum Gasteiger partial charge on any atom is 0.162 e. The first-order valence-corrected chi connectivity index (χ1v) is 4.33. The van der Waals surface area contributed by atoms with Gasteiger partial charge in [-0.1, -0.05) is 13.8 Å². The minimum atomic E-state index is 0.497. The van der Waals surface area contributed by atoms with E-state index in [2.05, 4.69) is 34.9 Å². The first-order chi connectivity index (χ1) is 6.27. The molecule has 0 aliphatic rings. The zero-order chi connectivity index (χ0) is 9.26. The molecule has 0 spiro atoms. The summed E-state index contributed by atoms with van der Waals surface area (Å²) in [6, 6.07) is 2.09. The second-order valence-corrected chi connectivity index (χ2v) is 3.36. The summed E-state index contributed by atoms with van der Waals surface area (Å²) in [4.78, 5) is 12.3. The largest absolute Gasteiger partial charge is 0.244 e. The monoisotopic (exact) mass is 173 g/mol. The Morgan fingerprint density at radius 2 is 2.00 bits per heavy atom. The lowest BCUT2D eigenvalue weighted by molar-refractivity contribution is 0.861. The van der Waals surface area contributed by atoms with E-state index in [1.807, 2.05) is 6.20 Å². The molecule has 3 heteroatoms. The summed E-state index contributed by atoms with van der Waals surface area (Å²) >= 11 is 0. The van der Waals surface area contributed by atoms with E-state index in [9.17, 15) is 0 Å². The van der Waals surface area contributed by atoms with Crippen molar-refractivity contribution in [1.29, 1.82) is 0 Å². The molecular formula is C10H11N3. The van der Waals surface area contributed by atoms with Crippen molar-refractivity contribution in [3.63, 3.8) is 0 Å². The zero-order valence-electron chi connectivity index (χ0n) is 7.73. The number of aromatic nitrogens is 3. The highest BCUT2D eigenvalue weighted by Crippen LogP contribution is 2.16. The third kappa shape index (κ3) is 1.49. The average molecular weight is 173 g/mol. The lowest BCUT2D eigenvalue weighted by Crippen LogP contribution is -1.91. The predicted molar refractivity (Wildman–Crippen MR) is 51.4 cm³/mol. The van der Waals surface area contributed by atoms with Crippen LogP contribution in [0.2, 0.25) is 0 Å². The molecule has 2 aromatic rings. The van der Waals surface area contributed by atoms with E-state index < -0.39 is 0 Å². The van der Waals surface area contributed by atoms with Gasteiger partial charge in [0, 0.05) is 17.8 Å². The summed E-state index contributed by atoms with van der Waals surface area (Å²) in [5, 5.41) is 1.01. The van der Waals surface area contributed by atoms with Gasteiger partial charge in [0.2, 0.25) is 0 Å². The number of nitrogens with zero attached hydrogens (tertiary/aromatic N) is 3. The Kier molecular flexibility index (Phi) is 1.93. The topological polar surface area (TPSA) is 38.7 Å². The summed E-state index contributed by atoms with van der Waals surface area (Å²) in [6.07, 6.45) is 5.19. The summed E-state index contributed by atoms with van der Waals surface area (Å²) in [5.74, 6) is 0.497. The third-order valence-electron chi connectivity index (χ3n) is 2.04. The molecule has 0 saturated heterocycles. The van der Waals surface area contributed by atoms with Gasteiger partial charge in [-0.15, -0.1) is 0 Å². The van der Waals surface area contributed by atoms with Gasteiger partial charge in [-0.05, 0) is 17.5 Å². The Bertz CT molecular complexity index is 423. The van der Waals surface area contributed by atoms with Gasteiger partial charge in [-0.3, -0.25) is 0 Å². The summed E-state index contributed by atoms with van der Waals surface area (Å²) in [5.41, 5.74) is 1.99. The Morgan fingerprint density at radius 1 is 1.15 bits per heavy atom. The third-order valence-corrected chi connectivity index (χ3v) is 2.04. The fourth-order valence-corrected chi connectivity index (χ4v) is 1.21. The Balaban J connectivity index is 2.62. The van der Waals surface area contributed by atoms with Gasteiger partial charge in [-0.25, -0.2) is 15.0 Å². The van der Waals surface area contributed by atoms with Crippen LogP contribution in [0.25, 0.3) is 11.0 Å². The van der Waals surface area contributed by atoms with E-state index in [0.717, 1.165) is 11.0 Å². The number of pyridine rings is 1. The fourth-order valence-electron chi connectivity index (χ4n) is 1.21. The number of hydrogen-bond donors (Lipinski definition) is 0. The van der Waals surface area contributed by atoms with Crippen molar-refractivity contribution in [1.82, 2.24) is 15.0 Å². The second kappa shape index (κ2) is 3.09. The number of rotatable bonds is 1. The highest BCUT2D eigenvalue weighted by molar-refractivity contribution is 5.73. The molecule has 0 amide bonds. The lowest BCUT2D eigenvalue weighted by Gasteiger charge is -2.04. The lowest BCUT2D eigenvalue weighted by atomic mass is 10.1. The first-order valence-electron chi connectivity index (χ1n) is 4.33. The van der Waals surface area contributed by atoms with Crippen LogP contribution in [0.3, 0.4) is 0 Å². The van der Waals surface area contributed by atoms with Gasteiger partial charge >= 0.3 is 0 Å². The van der Waals surface area contributed by atoms with Gasteiger partial charge in [0.05, 0.1) is 0 Å². The Hall–Kier alpha value is -1.51. The molecule has 0 atom stereocenters. The molecule has 0 bridgehead atoms. The van der Waals surface area contributed by atoms with Crippen LogP contribution in [0.15, 0.2) is 24.8 Å². The maximum absolute atomic E-state index is 4.25. The van der Waals surface area contributed by atoms with Gasteiger partial charge < -0.3 is 0 Å². The fraction of sp³-hybridized carbons (Fsp3) is 0.300. The molecule has 0 N–H and O–H groups in total. The van der Waals surface area contributed by atoms with Crippen molar-refractivity contribution in [2.45, 2.75) is 19.8 Å². The first kappa shape index (κ1) is 8.10. The van der Waals surface area contributed by atoms with E-state index >= 15 is 0 Å². The average Bonchev–Trinajstić information content (AvgIpc) is 2.17. The smallest absolute Gasteiger partial charge is 0.162 e. The normalized spacial score (nSPS) is 11.0. The number of hydrogen-bond acceptors (Lipinski definition) is 3. The van der Waals surface area contributed by atoms with Gasteiger partial charge in [0.25, 0.3) is 0 Å². The number of fused-ring (bicyclic) bond motifs is 1. The SMILES string of the molecule is CC(C)c1cnc2ncncc2c1. The minimum Gasteiger partial charge on any atom is -0.244 e. The standard InChI is InChI=1S/C10H11N3/c1-7(2)8-3-9-4-11-6-13-10(9)12-5-8/h3-7H,1-2H3. The van der Waals surface area contributed by atoms with Crippen LogP contribution in [0.4, 0.5) is 0 Å². The summed E-state index contributed by atoms with van der Waals surface area (Å²) < 4.78 is 0. The van der Waals surface area contributed by atoms with E-state index in [-0.39, 0.29) is 0 Å². The van der Waals surface area contributed by atoms with Crippen LogP contribution < -0.4 is 0 Å². The minimum absolute atomic E-state index is 0.497. The van der Waals surface area contributed by atoms with Crippen LogP contribution >= 0.6 is 0 Å². The van der Waals surface area contributed by atoms with Crippen molar-refractivity contribution in [2.75, 3.05) is 0 Å². The van der Waals surface area contributed by atoms with Crippen LogP contribution in [-0.2, 0) is 0 Å². The van der Waals surface area contributed by atoms with Crippen molar-refractivity contribution in [3.05, 3.63) is 30.4 Å². The highest BCUT2D eigenvalue weighted by atomic mass is 14.9. The molecule has 13 heavy (non-hydrogen) atoms. The molecule has 2 heterocycles. The molecular weight excluding hydrogens is 162 g/mol. The Labute approximate surface area is 76.9 Å². The predicted octanol–water partition coefficient (Wildman–Crippen LogP) is 2.15. The molecule has 0 unspecified atom stereocenters. The summed E-state index contributed by atoms with van der Waals surface area (Å²) in [6.45, 7) is 4.29. The maximum atomic E-state index is 4.25.